The van der Waals surface area contributed by atoms with Gasteiger partial charge in [0, 0.05) is 34.5 Å². The van der Waals surface area contributed by atoms with Crippen LogP contribution in [0.2, 0.25) is 10.0 Å². The number of nitrogens with one attached hydrogen (secondary N) is 1. The number of halogens is 2. The van der Waals surface area contributed by atoms with Crippen molar-refractivity contribution in [1.29, 1.82) is 0 Å². The van der Waals surface area contributed by atoms with Crippen LogP contribution in [0.15, 0.2) is 53.4 Å². The molecule has 1 atom stereocenters. The van der Waals surface area contributed by atoms with Gasteiger partial charge in [0.2, 0.25) is 11.8 Å². The Balaban J connectivity index is 1.97. The Morgan fingerprint density at radius 3 is 2.13 bits per heavy atom. The molecule has 0 aromatic heterocycles. The van der Waals surface area contributed by atoms with Gasteiger partial charge in [-0.05, 0) is 67.0 Å². The van der Waals surface area contributed by atoms with E-state index in [9.17, 15) is 9.59 Å². The van der Waals surface area contributed by atoms with Gasteiger partial charge in [0.1, 0.15) is 6.04 Å². The lowest BCUT2D eigenvalue weighted by Gasteiger charge is -2.29. The summed E-state index contributed by atoms with van der Waals surface area (Å²) < 4.78 is 0. The van der Waals surface area contributed by atoms with Gasteiger partial charge in [0.25, 0.3) is 0 Å². The van der Waals surface area contributed by atoms with Crippen LogP contribution in [0.25, 0.3) is 0 Å². The average molecular weight is 481 g/mol. The third-order valence-electron chi connectivity index (χ3n) is 4.74. The second-order valence-corrected chi connectivity index (χ2v) is 9.91. The summed E-state index contributed by atoms with van der Waals surface area (Å²) in [6, 6.07) is 14.5. The summed E-state index contributed by atoms with van der Waals surface area (Å²) in [5.74, 6) is 1.00. The van der Waals surface area contributed by atoms with E-state index in [1.807, 2.05) is 50.2 Å². The molecule has 0 saturated heterocycles. The fraction of sp³-hybridized carbons (Fsp3) is 0.417. The molecule has 2 aromatic carbocycles. The molecule has 168 valence electrons. The maximum Gasteiger partial charge on any atom is 0.242 e. The number of carbonyl (C=O) groups excluding carboxylic acids is 2. The van der Waals surface area contributed by atoms with E-state index in [1.54, 1.807) is 35.7 Å². The van der Waals surface area contributed by atoms with Gasteiger partial charge < -0.3 is 10.2 Å². The first kappa shape index (κ1) is 25.6. The van der Waals surface area contributed by atoms with Crippen molar-refractivity contribution >= 4 is 46.8 Å². The molecule has 0 fully saturated rings. The monoisotopic (exact) mass is 480 g/mol. The molecule has 31 heavy (non-hydrogen) atoms. The molecule has 0 aliphatic heterocycles. The number of rotatable bonds is 11. The minimum absolute atomic E-state index is 0.0288. The summed E-state index contributed by atoms with van der Waals surface area (Å²) in [6.07, 6.45) is 1.11. The molecular formula is C24H30Cl2N2O2S. The van der Waals surface area contributed by atoms with Crippen molar-refractivity contribution in [3.63, 3.8) is 0 Å². The average Bonchev–Trinajstić information content (AvgIpc) is 2.75. The van der Waals surface area contributed by atoms with Gasteiger partial charge in [0.15, 0.2) is 0 Å². The van der Waals surface area contributed by atoms with Gasteiger partial charge in [0.05, 0.1) is 0 Å². The first-order valence-corrected chi connectivity index (χ1v) is 12.2. The largest absolute Gasteiger partial charge is 0.354 e. The van der Waals surface area contributed by atoms with Crippen LogP contribution in [0, 0.1) is 5.92 Å². The zero-order valence-corrected chi connectivity index (χ0v) is 20.6. The zero-order valence-electron chi connectivity index (χ0n) is 18.2. The molecule has 2 amide bonds. The maximum atomic E-state index is 13.0. The van der Waals surface area contributed by atoms with Gasteiger partial charge in [-0.25, -0.2) is 0 Å². The molecule has 2 aromatic rings. The van der Waals surface area contributed by atoms with Crippen LogP contribution < -0.4 is 5.32 Å². The zero-order chi connectivity index (χ0) is 22.8. The van der Waals surface area contributed by atoms with Crippen LogP contribution in [-0.2, 0) is 16.1 Å². The van der Waals surface area contributed by atoms with Crippen molar-refractivity contribution < 1.29 is 9.59 Å². The number of nitrogens with zero attached hydrogens (tertiary/aromatic N) is 1. The fourth-order valence-corrected chi connectivity index (χ4v) is 4.01. The Morgan fingerprint density at radius 1 is 0.968 bits per heavy atom. The van der Waals surface area contributed by atoms with E-state index in [4.69, 9.17) is 23.2 Å². The quantitative estimate of drug-likeness (QED) is 0.314. The molecule has 1 N–H and O–H groups in total. The molecular weight excluding hydrogens is 451 g/mol. The standard InChI is InChI=1S/C24H30Cl2N2O2S/c1-17(2)15-27-24(30)18(3)28(16-19-6-8-20(25)9-7-19)23(29)5-4-14-31-22-12-10-21(26)11-13-22/h6-13,17-18H,4-5,14-16H2,1-3H3,(H,27,30)/t18-/m1/s1. The second kappa shape index (κ2) is 13.0. The van der Waals surface area contributed by atoms with E-state index in [2.05, 4.69) is 5.32 Å². The number of benzene rings is 2. The summed E-state index contributed by atoms with van der Waals surface area (Å²) in [6.45, 7) is 6.83. The molecule has 0 aliphatic rings. The van der Waals surface area contributed by atoms with Gasteiger partial charge in [-0.2, -0.15) is 0 Å². The number of hydrogen-bond acceptors (Lipinski definition) is 3. The third-order valence-corrected chi connectivity index (χ3v) is 6.34. The summed E-state index contributed by atoms with van der Waals surface area (Å²) in [5.41, 5.74) is 0.941. The van der Waals surface area contributed by atoms with Crippen LogP contribution in [0.1, 0.15) is 39.2 Å². The Hall–Kier alpha value is -1.69. The molecule has 7 heteroatoms. The topological polar surface area (TPSA) is 49.4 Å². The van der Waals surface area contributed by atoms with Crippen LogP contribution in [-0.4, -0.2) is 35.1 Å². The lowest BCUT2D eigenvalue weighted by molar-refractivity contribution is -0.140. The summed E-state index contributed by atoms with van der Waals surface area (Å²) in [5, 5.41) is 4.29. The lowest BCUT2D eigenvalue weighted by Crippen LogP contribution is -2.48. The van der Waals surface area contributed by atoms with E-state index in [-0.39, 0.29) is 11.8 Å². The minimum Gasteiger partial charge on any atom is -0.354 e. The Kier molecular flexibility index (Phi) is 10.7. The van der Waals surface area contributed by atoms with Crippen LogP contribution >= 0.6 is 35.0 Å². The van der Waals surface area contributed by atoms with Crippen molar-refractivity contribution in [3.05, 3.63) is 64.1 Å². The highest BCUT2D eigenvalue weighted by molar-refractivity contribution is 7.99. The highest BCUT2D eigenvalue weighted by Gasteiger charge is 2.25. The summed E-state index contributed by atoms with van der Waals surface area (Å²) in [4.78, 5) is 28.5. The number of carbonyl (C=O) groups is 2. The molecule has 0 radical (unpaired) electrons. The highest BCUT2D eigenvalue weighted by atomic mass is 35.5. The van der Waals surface area contributed by atoms with Gasteiger partial charge in [-0.3, -0.25) is 9.59 Å². The van der Waals surface area contributed by atoms with E-state index in [0.717, 1.165) is 22.6 Å². The van der Waals surface area contributed by atoms with Crippen molar-refractivity contribution in [2.24, 2.45) is 5.92 Å². The molecule has 4 nitrogen and oxygen atoms in total. The van der Waals surface area contributed by atoms with Gasteiger partial charge in [-0.1, -0.05) is 49.2 Å². The molecule has 0 heterocycles. The van der Waals surface area contributed by atoms with Crippen molar-refractivity contribution in [3.8, 4) is 0 Å². The third kappa shape index (κ3) is 9.14. The van der Waals surface area contributed by atoms with E-state index in [1.165, 1.54) is 0 Å². The molecule has 0 aliphatic carbocycles. The first-order valence-electron chi connectivity index (χ1n) is 10.5. The number of hydrogen-bond donors (Lipinski definition) is 1. The molecule has 0 unspecified atom stereocenters. The fourth-order valence-electron chi connectivity index (χ4n) is 2.91. The molecule has 0 saturated carbocycles. The van der Waals surface area contributed by atoms with Gasteiger partial charge >= 0.3 is 0 Å². The summed E-state index contributed by atoms with van der Waals surface area (Å²) >= 11 is 13.6. The number of thioether (sulfide) groups is 1. The first-order chi connectivity index (χ1) is 14.8. The predicted molar refractivity (Wildman–Crippen MR) is 131 cm³/mol. The van der Waals surface area contributed by atoms with Crippen LogP contribution in [0.3, 0.4) is 0 Å². The Labute approximate surface area is 199 Å². The minimum atomic E-state index is -0.550. The van der Waals surface area contributed by atoms with Crippen molar-refractivity contribution in [2.45, 2.75) is 51.1 Å². The maximum absolute atomic E-state index is 13.0. The smallest absolute Gasteiger partial charge is 0.242 e. The second-order valence-electron chi connectivity index (χ2n) is 7.87. The van der Waals surface area contributed by atoms with Crippen molar-refractivity contribution in [1.82, 2.24) is 10.2 Å². The predicted octanol–water partition coefficient (Wildman–Crippen LogP) is 6.06. The molecule has 0 bridgehead atoms. The normalized spacial score (nSPS) is 11.9. The highest BCUT2D eigenvalue weighted by Crippen LogP contribution is 2.22. The Morgan fingerprint density at radius 2 is 1.55 bits per heavy atom. The lowest BCUT2D eigenvalue weighted by atomic mass is 10.1. The van der Waals surface area contributed by atoms with Gasteiger partial charge in [-0.15, -0.1) is 11.8 Å². The van der Waals surface area contributed by atoms with E-state index >= 15 is 0 Å². The SMILES string of the molecule is CC(C)CNC(=O)[C@@H](C)N(Cc1ccc(Cl)cc1)C(=O)CCCSc1ccc(Cl)cc1. The van der Waals surface area contributed by atoms with Crippen LogP contribution in [0.4, 0.5) is 0 Å². The van der Waals surface area contributed by atoms with Crippen LogP contribution in [0.5, 0.6) is 0 Å². The van der Waals surface area contributed by atoms with E-state index in [0.29, 0.717) is 35.5 Å². The van der Waals surface area contributed by atoms with E-state index < -0.39 is 6.04 Å². The molecule has 2 rings (SSSR count). The molecule has 0 spiro atoms. The summed E-state index contributed by atoms with van der Waals surface area (Å²) in [7, 11) is 0. The Bertz CT molecular complexity index is 842. The number of amides is 2. The van der Waals surface area contributed by atoms with Crippen molar-refractivity contribution in [2.75, 3.05) is 12.3 Å².